The monoisotopic (exact) mass is 239 g/mol. The highest BCUT2D eigenvalue weighted by Gasteiger charge is 2.31. The molecule has 0 radical (unpaired) electrons. The minimum absolute atomic E-state index is 0.292. The fourth-order valence-corrected chi connectivity index (χ4v) is 2.00. The number of rotatable bonds is 8. The van der Waals surface area contributed by atoms with Gasteiger partial charge in [-0.1, -0.05) is 51.2 Å². The lowest BCUT2D eigenvalue weighted by Crippen LogP contribution is -2.37. The molecule has 0 aliphatic carbocycles. The van der Waals surface area contributed by atoms with E-state index in [-0.39, 0.29) is 11.6 Å². The first kappa shape index (κ1) is 14.1. The molecule has 1 N–H and O–H groups in total. The number of carbonyl (C=O) groups excluding carboxylic acids is 1. The number of unbranched alkanes of at least 4 members (excludes halogenated alkanes) is 6. The molecule has 0 unspecified atom stereocenters. The topological polar surface area (TPSA) is 38.3 Å². The summed E-state index contributed by atoms with van der Waals surface area (Å²) in [4.78, 5) is 10.9. The highest BCUT2D eigenvalue weighted by atomic mass is 16.6. The van der Waals surface area contributed by atoms with Crippen LogP contribution in [0, 0.1) is 0 Å². The van der Waals surface area contributed by atoms with E-state index >= 15 is 0 Å². The first-order valence-electron chi connectivity index (χ1n) is 6.79. The van der Waals surface area contributed by atoms with Gasteiger partial charge in [-0.2, -0.15) is 0 Å². The molecule has 1 aliphatic heterocycles. The Morgan fingerprint density at radius 3 is 2.65 bits per heavy atom. The minimum Gasteiger partial charge on any atom is -0.447 e. The summed E-state index contributed by atoms with van der Waals surface area (Å²) in [5, 5.41) is 2.80. The number of allylic oxidation sites excluding steroid dienone is 1. The minimum atomic E-state index is -0.309. The lowest BCUT2D eigenvalue weighted by Gasteiger charge is -2.14. The Morgan fingerprint density at radius 2 is 2.00 bits per heavy atom. The molecule has 17 heavy (non-hydrogen) atoms. The van der Waals surface area contributed by atoms with Gasteiger partial charge >= 0.3 is 6.09 Å². The van der Waals surface area contributed by atoms with Gasteiger partial charge in [-0.3, -0.25) is 0 Å². The lowest BCUT2D eigenvalue weighted by atomic mass is 10.0. The van der Waals surface area contributed by atoms with Gasteiger partial charge in [-0.25, -0.2) is 4.79 Å². The molecule has 0 aromatic rings. The van der Waals surface area contributed by atoms with Gasteiger partial charge in [0.1, 0.15) is 6.61 Å². The number of hydrogen-bond donors (Lipinski definition) is 1. The number of ether oxygens (including phenoxy) is 1. The van der Waals surface area contributed by atoms with Crippen molar-refractivity contribution in [3.8, 4) is 0 Å². The average Bonchev–Trinajstić information content (AvgIpc) is 2.63. The van der Waals surface area contributed by atoms with E-state index < -0.39 is 0 Å². The van der Waals surface area contributed by atoms with Crippen LogP contribution in [0.1, 0.15) is 58.8 Å². The zero-order valence-corrected chi connectivity index (χ0v) is 11.1. The summed E-state index contributed by atoms with van der Waals surface area (Å²) < 4.78 is 4.89. The van der Waals surface area contributed by atoms with Crippen LogP contribution in [0.3, 0.4) is 0 Å². The van der Waals surface area contributed by atoms with Crippen molar-refractivity contribution in [1.29, 1.82) is 0 Å². The van der Waals surface area contributed by atoms with Crippen molar-refractivity contribution < 1.29 is 9.53 Å². The molecule has 0 aromatic carbocycles. The van der Waals surface area contributed by atoms with E-state index in [1.807, 2.05) is 6.92 Å². The molecule has 3 nitrogen and oxygen atoms in total. The van der Waals surface area contributed by atoms with Gasteiger partial charge in [0, 0.05) is 0 Å². The zero-order chi connectivity index (χ0) is 12.6. The highest BCUT2D eigenvalue weighted by Crippen LogP contribution is 2.14. The quantitative estimate of drug-likeness (QED) is 0.517. The maximum absolute atomic E-state index is 10.9. The van der Waals surface area contributed by atoms with Crippen molar-refractivity contribution >= 4 is 6.09 Å². The average molecular weight is 239 g/mol. The summed E-state index contributed by atoms with van der Waals surface area (Å²) in [6.07, 6.45) is 12.9. The number of carbonyl (C=O) groups is 1. The molecule has 1 rings (SSSR count). The second kappa shape index (κ2) is 7.36. The summed E-state index contributed by atoms with van der Waals surface area (Å²) in [5.74, 6) is 0. The molecule has 0 aromatic heterocycles. The molecule has 98 valence electrons. The van der Waals surface area contributed by atoms with Gasteiger partial charge in [0.15, 0.2) is 0 Å². The summed E-state index contributed by atoms with van der Waals surface area (Å²) >= 11 is 0. The molecule has 1 atom stereocenters. The molecule has 1 saturated heterocycles. The van der Waals surface area contributed by atoms with E-state index in [1.54, 1.807) is 0 Å². The van der Waals surface area contributed by atoms with Crippen LogP contribution in [0.25, 0.3) is 0 Å². The van der Waals surface area contributed by atoms with Crippen LogP contribution >= 0.6 is 0 Å². The Hall–Kier alpha value is -0.990. The molecule has 1 heterocycles. The van der Waals surface area contributed by atoms with E-state index in [2.05, 4.69) is 24.4 Å². The number of alkyl carbamates (subject to hydrolysis) is 1. The zero-order valence-electron chi connectivity index (χ0n) is 11.1. The van der Waals surface area contributed by atoms with E-state index in [1.165, 1.54) is 38.5 Å². The Labute approximate surface area is 105 Å². The van der Waals surface area contributed by atoms with E-state index in [0.717, 1.165) is 6.42 Å². The third kappa shape index (κ3) is 5.76. The van der Waals surface area contributed by atoms with Crippen molar-refractivity contribution in [1.82, 2.24) is 5.32 Å². The Bertz CT molecular complexity index is 263. The van der Waals surface area contributed by atoms with Gasteiger partial charge in [0.05, 0.1) is 5.54 Å². The summed E-state index contributed by atoms with van der Waals surface area (Å²) in [6, 6.07) is 0. The first-order chi connectivity index (χ1) is 8.16. The number of nitrogens with one attached hydrogen (secondary N) is 1. The number of amides is 1. The maximum atomic E-state index is 10.9. The van der Waals surface area contributed by atoms with Crippen molar-refractivity contribution in [2.75, 3.05) is 6.61 Å². The molecular formula is C14H25NO2. The van der Waals surface area contributed by atoms with Gasteiger partial charge in [0.25, 0.3) is 0 Å². The molecule has 0 saturated carbocycles. The van der Waals surface area contributed by atoms with Crippen LogP contribution in [0.4, 0.5) is 4.79 Å². The van der Waals surface area contributed by atoms with Gasteiger partial charge in [-0.15, -0.1) is 0 Å². The van der Waals surface area contributed by atoms with Crippen LogP contribution in [-0.4, -0.2) is 18.2 Å². The second-order valence-electron chi connectivity index (χ2n) is 5.08. The molecule has 1 aliphatic rings. The van der Waals surface area contributed by atoms with Crippen LogP contribution < -0.4 is 5.32 Å². The third-order valence-corrected chi connectivity index (χ3v) is 3.10. The second-order valence-corrected chi connectivity index (χ2v) is 5.08. The van der Waals surface area contributed by atoms with Crippen molar-refractivity contribution in [3.05, 3.63) is 12.2 Å². The van der Waals surface area contributed by atoms with Gasteiger partial charge in [-0.05, 0) is 19.8 Å². The van der Waals surface area contributed by atoms with Gasteiger partial charge in [0.2, 0.25) is 0 Å². The van der Waals surface area contributed by atoms with Crippen LogP contribution in [0.15, 0.2) is 12.2 Å². The number of hydrogen-bond acceptors (Lipinski definition) is 2. The van der Waals surface area contributed by atoms with Crippen LogP contribution in [0.2, 0.25) is 0 Å². The van der Waals surface area contributed by atoms with Crippen molar-refractivity contribution in [2.24, 2.45) is 0 Å². The Kier molecular flexibility index (Phi) is 6.09. The maximum Gasteiger partial charge on any atom is 0.408 e. The summed E-state index contributed by atoms with van der Waals surface area (Å²) in [6.45, 7) is 4.66. The number of cyclic esters (lactones) is 1. The largest absolute Gasteiger partial charge is 0.447 e. The van der Waals surface area contributed by atoms with Crippen LogP contribution in [-0.2, 0) is 4.74 Å². The first-order valence-corrected chi connectivity index (χ1v) is 6.79. The lowest BCUT2D eigenvalue weighted by molar-refractivity contribution is 0.175. The third-order valence-electron chi connectivity index (χ3n) is 3.10. The van der Waals surface area contributed by atoms with Gasteiger partial charge < -0.3 is 10.1 Å². The van der Waals surface area contributed by atoms with E-state index in [9.17, 15) is 4.79 Å². The Morgan fingerprint density at radius 1 is 1.29 bits per heavy atom. The molecule has 0 spiro atoms. The molecule has 1 fully saturated rings. The van der Waals surface area contributed by atoms with E-state index in [4.69, 9.17) is 4.74 Å². The smallest absolute Gasteiger partial charge is 0.408 e. The predicted octanol–water partition coefficient (Wildman–Crippen LogP) is 3.79. The van der Waals surface area contributed by atoms with E-state index in [0.29, 0.717) is 6.61 Å². The molecule has 0 bridgehead atoms. The molecule has 1 amide bonds. The Balaban J connectivity index is 2.04. The normalized spacial score (nSPS) is 24.0. The summed E-state index contributed by atoms with van der Waals surface area (Å²) in [5.41, 5.74) is -0.292. The van der Waals surface area contributed by atoms with Crippen molar-refractivity contribution in [2.45, 2.75) is 64.3 Å². The molecule has 3 heteroatoms. The van der Waals surface area contributed by atoms with Crippen LogP contribution in [0.5, 0.6) is 0 Å². The fourth-order valence-electron chi connectivity index (χ4n) is 2.00. The van der Waals surface area contributed by atoms with Crippen molar-refractivity contribution in [3.63, 3.8) is 0 Å². The summed E-state index contributed by atoms with van der Waals surface area (Å²) in [7, 11) is 0. The standard InChI is InChI=1S/C14H25NO2/c1-3-4-5-6-7-8-9-10-11-14(2)12-17-13(16)15-14/h10-11H,3-9,12H2,1-2H3,(H,15,16)/b11-10+/t14-/m1/s1. The predicted molar refractivity (Wildman–Crippen MR) is 70.0 cm³/mol. The molecular weight excluding hydrogens is 214 g/mol. The fraction of sp³-hybridized carbons (Fsp3) is 0.786. The SMILES string of the molecule is CCCCCCCC/C=C/[C@]1(C)COC(=O)N1. The highest BCUT2D eigenvalue weighted by molar-refractivity contribution is 5.71.